The van der Waals surface area contributed by atoms with Crippen molar-refractivity contribution in [3.05, 3.63) is 0 Å². The lowest BCUT2D eigenvalue weighted by Crippen LogP contribution is -2.35. The van der Waals surface area contributed by atoms with Crippen LogP contribution in [0.3, 0.4) is 0 Å². The standard InChI is InChI=1S/C7H11NO2.ClH/c9-6(10)7-2-1-5(3-7)8-4-7;/h5,8H,1-4H2,(H,9,10);1H/t5-,7?;/m1./s1. The molecule has 2 rings (SSSR count). The van der Waals surface area contributed by atoms with Gasteiger partial charge in [0.1, 0.15) is 0 Å². The Morgan fingerprint density at radius 1 is 1.64 bits per heavy atom. The van der Waals surface area contributed by atoms with Gasteiger partial charge in [-0.1, -0.05) is 0 Å². The van der Waals surface area contributed by atoms with Crippen molar-refractivity contribution >= 4 is 18.4 Å². The SMILES string of the molecule is Cl.O=C(O)C12CC[C@H](C1)NC2. The lowest BCUT2D eigenvalue weighted by atomic mass is 9.88. The van der Waals surface area contributed by atoms with E-state index in [2.05, 4.69) is 5.32 Å². The van der Waals surface area contributed by atoms with E-state index >= 15 is 0 Å². The number of nitrogens with one attached hydrogen (secondary N) is 1. The third-order valence-electron chi connectivity index (χ3n) is 2.79. The molecular weight excluding hydrogens is 166 g/mol. The number of halogens is 1. The summed E-state index contributed by atoms with van der Waals surface area (Å²) in [6.45, 7) is 0.687. The average Bonchev–Trinajstić information content (AvgIpc) is 2.45. The first-order valence-electron chi connectivity index (χ1n) is 3.70. The topological polar surface area (TPSA) is 49.3 Å². The molecular formula is C7H12ClNO2. The maximum Gasteiger partial charge on any atom is 0.310 e. The summed E-state index contributed by atoms with van der Waals surface area (Å²) in [5, 5.41) is 12.0. The van der Waals surface area contributed by atoms with Gasteiger partial charge in [0.2, 0.25) is 0 Å². The normalized spacial score (nSPS) is 40.2. The third-order valence-corrected chi connectivity index (χ3v) is 2.79. The van der Waals surface area contributed by atoms with Crippen LogP contribution in [0, 0.1) is 5.41 Å². The zero-order chi connectivity index (χ0) is 7.19. The number of rotatable bonds is 1. The summed E-state index contributed by atoms with van der Waals surface area (Å²) in [6.07, 6.45) is 2.77. The van der Waals surface area contributed by atoms with Crippen LogP contribution < -0.4 is 5.32 Å². The number of hydrogen-bond acceptors (Lipinski definition) is 2. The second kappa shape index (κ2) is 2.64. The molecule has 1 aliphatic heterocycles. The van der Waals surface area contributed by atoms with Gasteiger partial charge in [-0.3, -0.25) is 4.79 Å². The predicted molar refractivity (Wildman–Crippen MR) is 43.0 cm³/mol. The van der Waals surface area contributed by atoms with Gasteiger partial charge in [0.05, 0.1) is 5.41 Å². The molecule has 1 saturated heterocycles. The van der Waals surface area contributed by atoms with Crippen LogP contribution in [0.4, 0.5) is 0 Å². The molecule has 2 aliphatic rings. The molecule has 0 aromatic heterocycles. The molecule has 0 radical (unpaired) electrons. The molecule has 0 aromatic carbocycles. The van der Waals surface area contributed by atoms with Crippen molar-refractivity contribution in [3.8, 4) is 0 Å². The molecule has 2 atom stereocenters. The van der Waals surface area contributed by atoms with E-state index in [1.54, 1.807) is 0 Å². The molecule has 1 saturated carbocycles. The molecule has 1 unspecified atom stereocenters. The third kappa shape index (κ3) is 1.12. The van der Waals surface area contributed by atoms with Gasteiger partial charge in [-0.15, -0.1) is 12.4 Å². The first kappa shape index (κ1) is 8.81. The summed E-state index contributed by atoms with van der Waals surface area (Å²) in [6, 6.07) is 0.496. The van der Waals surface area contributed by atoms with Crippen LogP contribution in [0.25, 0.3) is 0 Å². The van der Waals surface area contributed by atoms with Gasteiger partial charge >= 0.3 is 5.97 Å². The van der Waals surface area contributed by atoms with E-state index in [0.29, 0.717) is 12.6 Å². The van der Waals surface area contributed by atoms with Gasteiger partial charge in [0.25, 0.3) is 0 Å². The van der Waals surface area contributed by atoms with Crippen LogP contribution in [-0.2, 0) is 4.79 Å². The molecule has 64 valence electrons. The van der Waals surface area contributed by atoms with Gasteiger partial charge < -0.3 is 10.4 Å². The van der Waals surface area contributed by atoms with E-state index in [9.17, 15) is 4.79 Å². The Balaban J connectivity index is 0.000000605. The number of carboxylic acid groups (broad SMARTS) is 1. The van der Waals surface area contributed by atoms with Crippen LogP contribution in [0.2, 0.25) is 0 Å². The lowest BCUT2D eigenvalue weighted by Gasteiger charge is -2.20. The van der Waals surface area contributed by atoms with Crippen LogP contribution in [-0.4, -0.2) is 23.7 Å². The van der Waals surface area contributed by atoms with E-state index in [1.165, 1.54) is 0 Å². The zero-order valence-electron chi connectivity index (χ0n) is 6.17. The first-order valence-corrected chi connectivity index (χ1v) is 3.70. The Morgan fingerprint density at radius 2 is 2.36 bits per heavy atom. The highest BCUT2D eigenvalue weighted by Gasteiger charge is 2.50. The number of aliphatic carboxylic acids is 1. The van der Waals surface area contributed by atoms with Crippen LogP contribution in [0.1, 0.15) is 19.3 Å². The number of piperidine rings is 1. The molecule has 3 nitrogen and oxygen atoms in total. The van der Waals surface area contributed by atoms with Crippen LogP contribution in [0.15, 0.2) is 0 Å². The van der Waals surface area contributed by atoms with E-state index in [1.807, 2.05) is 0 Å². The van der Waals surface area contributed by atoms with Gasteiger partial charge in [-0.2, -0.15) is 0 Å². The highest BCUT2D eigenvalue weighted by atomic mass is 35.5. The van der Waals surface area contributed by atoms with Gasteiger partial charge in [-0.25, -0.2) is 0 Å². The van der Waals surface area contributed by atoms with Crippen molar-refractivity contribution in [2.45, 2.75) is 25.3 Å². The molecule has 1 heterocycles. The van der Waals surface area contributed by atoms with E-state index in [0.717, 1.165) is 19.3 Å². The quantitative estimate of drug-likeness (QED) is 0.618. The Hall–Kier alpha value is -0.280. The fourth-order valence-corrected chi connectivity index (χ4v) is 2.07. The summed E-state index contributed by atoms with van der Waals surface area (Å²) in [7, 11) is 0. The molecule has 11 heavy (non-hydrogen) atoms. The van der Waals surface area contributed by atoms with Gasteiger partial charge in [0.15, 0.2) is 0 Å². The second-order valence-corrected chi connectivity index (χ2v) is 3.41. The highest BCUT2D eigenvalue weighted by Crippen LogP contribution is 2.42. The number of fused-ring (bicyclic) bond motifs is 2. The maximum atomic E-state index is 10.7. The summed E-state index contributed by atoms with van der Waals surface area (Å²) >= 11 is 0. The summed E-state index contributed by atoms with van der Waals surface area (Å²) in [4.78, 5) is 10.7. The highest BCUT2D eigenvalue weighted by molar-refractivity contribution is 5.85. The van der Waals surface area contributed by atoms with E-state index in [4.69, 9.17) is 5.11 Å². The molecule has 2 N–H and O–H groups in total. The monoisotopic (exact) mass is 177 g/mol. The van der Waals surface area contributed by atoms with Crippen molar-refractivity contribution in [3.63, 3.8) is 0 Å². The molecule has 2 fully saturated rings. The minimum atomic E-state index is -0.611. The van der Waals surface area contributed by atoms with Crippen LogP contribution >= 0.6 is 12.4 Å². The summed E-state index contributed by atoms with van der Waals surface area (Å²) in [5.41, 5.74) is -0.384. The number of carboxylic acids is 1. The van der Waals surface area contributed by atoms with Crippen molar-refractivity contribution in [2.75, 3.05) is 6.54 Å². The van der Waals surface area contributed by atoms with Crippen LogP contribution in [0.5, 0.6) is 0 Å². The summed E-state index contributed by atoms with van der Waals surface area (Å²) in [5.74, 6) is -0.611. The van der Waals surface area contributed by atoms with Gasteiger partial charge in [-0.05, 0) is 19.3 Å². The summed E-state index contributed by atoms with van der Waals surface area (Å²) < 4.78 is 0. The Morgan fingerprint density at radius 3 is 2.55 bits per heavy atom. The fraction of sp³-hybridized carbons (Fsp3) is 0.857. The molecule has 0 aromatic rings. The first-order chi connectivity index (χ1) is 4.73. The van der Waals surface area contributed by atoms with Crippen molar-refractivity contribution in [1.82, 2.24) is 5.32 Å². The minimum absolute atomic E-state index is 0. The zero-order valence-corrected chi connectivity index (χ0v) is 6.99. The average molecular weight is 178 g/mol. The second-order valence-electron chi connectivity index (χ2n) is 3.41. The molecule has 0 spiro atoms. The minimum Gasteiger partial charge on any atom is -0.481 e. The van der Waals surface area contributed by atoms with E-state index < -0.39 is 5.97 Å². The van der Waals surface area contributed by atoms with Gasteiger partial charge in [0, 0.05) is 12.6 Å². The molecule has 2 bridgehead atoms. The maximum absolute atomic E-state index is 10.7. The Bertz CT molecular complexity index is 175. The Kier molecular flexibility index (Phi) is 2.12. The largest absolute Gasteiger partial charge is 0.481 e. The number of carbonyl (C=O) groups is 1. The number of hydrogen-bond donors (Lipinski definition) is 2. The van der Waals surface area contributed by atoms with E-state index in [-0.39, 0.29) is 17.8 Å². The van der Waals surface area contributed by atoms with Crippen molar-refractivity contribution in [2.24, 2.45) is 5.41 Å². The van der Waals surface area contributed by atoms with Crippen molar-refractivity contribution < 1.29 is 9.90 Å². The Labute approximate surface area is 71.6 Å². The molecule has 0 amide bonds. The molecule has 4 heteroatoms. The van der Waals surface area contributed by atoms with Crippen molar-refractivity contribution in [1.29, 1.82) is 0 Å². The predicted octanol–water partition coefficient (Wildman–Crippen LogP) is 0.635. The lowest BCUT2D eigenvalue weighted by molar-refractivity contribution is -0.147. The fourth-order valence-electron chi connectivity index (χ4n) is 2.07. The molecule has 1 aliphatic carbocycles. The smallest absolute Gasteiger partial charge is 0.310 e.